The third-order valence-corrected chi connectivity index (χ3v) is 2.09. The van der Waals surface area contributed by atoms with Gasteiger partial charge in [0.25, 0.3) is 0 Å². The third kappa shape index (κ3) is 2.06. The summed E-state index contributed by atoms with van der Waals surface area (Å²) >= 11 is 0. The molecule has 1 aromatic carbocycles. The normalized spacial score (nSPS) is 15.6. The van der Waals surface area contributed by atoms with Crippen molar-refractivity contribution in [2.24, 2.45) is 0 Å². The second-order valence-electron chi connectivity index (χ2n) is 2.95. The van der Waals surface area contributed by atoms with Crippen molar-refractivity contribution in [1.82, 2.24) is 0 Å². The largest absolute Gasteiger partial charge is 0.394 e. The minimum absolute atomic E-state index is 0.00352. The van der Waals surface area contributed by atoms with E-state index in [9.17, 15) is 5.11 Å². The molecule has 0 heterocycles. The SMILES string of the molecule is C[C@@H](c1ccccc1)[C@@H](O)CO. The minimum atomic E-state index is -0.660. The molecule has 0 radical (unpaired) electrons. The standard InChI is InChI=1S/C10H14O2/c1-8(10(12)7-11)9-5-3-2-4-6-9/h2-6,8,10-12H,7H2,1H3/t8-,10-/m0/s1. The third-order valence-electron chi connectivity index (χ3n) is 2.09. The number of aliphatic hydroxyl groups is 2. The molecule has 0 amide bonds. The highest BCUT2D eigenvalue weighted by molar-refractivity contribution is 5.19. The summed E-state index contributed by atoms with van der Waals surface area (Å²) in [7, 11) is 0. The fraction of sp³-hybridized carbons (Fsp3) is 0.400. The van der Waals surface area contributed by atoms with Crippen LogP contribution in [-0.4, -0.2) is 22.9 Å². The molecule has 2 atom stereocenters. The van der Waals surface area contributed by atoms with E-state index in [1.54, 1.807) is 0 Å². The highest BCUT2D eigenvalue weighted by Gasteiger charge is 2.13. The summed E-state index contributed by atoms with van der Waals surface area (Å²) < 4.78 is 0. The summed E-state index contributed by atoms with van der Waals surface area (Å²) in [6.45, 7) is 1.71. The van der Waals surface area contributed by atoms with Crippen LogP contribution in [0.2, 0.25) is 0 Å². The van der Waals surface area contributed by atoms with E-state index in [0.29, 0.717) is 0 Å². The Morgan fingerprint density at radius 2 is 1.83 bits per heavy atom. The Morgan fingerprint density at radius 3 is 2.33 bits per heavy atom. The van der Waals surface area contributed by atoms with Crippen LogP contribution >= 0.6 is 0 Å². The summed E-state index contributed by atoms with van der Waals surface area (Å²) in [5, 5.41) is 18.0. The van der Waals surface area contributed by atoms with E-state index < -0.39 is 6.10 Å². The van der Waals surface area contributed by atoms with Crippen molar-refractivity contribution in [1.29, 1.82) is 0 Å². The summed E-state index contributed by atoms with van der Waals surface area (Å²) in [5.74, 6) is -0.00352. The zero-order valence-electron chi connectivity index (χ0n) is 7.14. The average molecular weight is 166 g/mol. The van der Waals surface area contributed by atoms with Crippen molar-refractivity contribution in [3.05, 3.63) is 35.9 Å². The monoisotopic (exact) mass is 166 g/mol. The second kappa shape index (κ2) is 4.24. The summed E-state index contributed by atoms with van der Waals surface area (Å²) in [5.41, 5.74) is 1.05. The van der Waals surface area contributed by atoms with E-state index in [1.807, 2.05) is 37.3 Å². The second-order valence-corrected chi connectivity index (χ2v) is 2.95. The molecular weight excluding hydrogens is 152 g/mol. The van der Waals surface area contributed by atoms with Crippen LogP contribution in [-0.2, 0) is 0 Å². The molecule has 1 aromatic rings. The zero-order valence-corrected chi connectivity index (χ0v) is 7.14. The fourth-order valence-electron chi connectivity index (χ4n) is 1.14. The van der Waals surface area contributed by atoms with Gasteiger partial charge in [-0.15, -0.1) is 0 Å². The molecule has 2 N–H and O–H groups in total. The van der Waals surface area contributed by atoms with Gasteiger partial charge in [-0.2, -0.15) is 0 Å². The number of aliphatic hydroxyl groups excluding tert-OH is 2. The molecule has 0 saturated carbocycles. The molecule has 2 nitrogen and oxygen atoms in total. The molecule has 0 bridgehead atoms. The lowest BCUT2D eigenvalue weighted by molar-refractivity contribution is 0.0772. The quantitative estimate of drug-likeness (QED) is 0.707. The van der Waals surface area contributed by atoms with Crippen molar-refractivity contribution in [2.75, 3.05) is 6.61 Å². The molecular formula is C10H14O2. The topological polar surface area (TPSA) is 40.5 Å². The molecule has 0 spiro atoms. The van der Waals surface area contributed by atoms with Gasteiger partial charge in [0.1, 0.15) is 0 Å². The molecule has 66 valence electrons. The smallest absolute Gasteiger partial charge is 0.0836 e. The van der Waals surface area contributed by atoms with Crippen LogP contribution in [0.3, 0.4) is 0 Å². The molecule has 12 heavy (non-hydrogen) atoms. The maximum Gasteiger partial charge on any atom is 0.0836 e. The minimum Gasteiger partial charge on any atom is -0.394 e. The number of hydrogen-bond acceptors (Lipinski definition) is 2. The molecule has 0 aliphatic carbocycles. The predicted octanol–water partition coefficient (Wildman–Crippen LogP) is 1.14. The Labute approximate surface area is 72.5 Å². The van der Waals surface area contributed by atoms with Gasteiger partial charge in [0.2, 0.25) is 0 Å². The number of benzene rings is 1. The van der Waals surface area contributed by atoms with E-state index in [-0.39, 0.29) is 12.5 Å². The highest BCUT2D eigenvalue weighted by atomic mass is 16.3. The maximum atomic E-state index is 9.33. The Balaban J connectivity index is 2.71. The van der Waals surface area contributed by atoms with E-state index in [1.165, 1.54) is 0 Å². The Kier molecular flexibility index (Phi) is 3.26. The van der Waals surface area contributed by atoms with Crippen LogP contribution in [0, 0.1) is 0 Å². The van der Waals surface area contributed by atoms with Crippen LogP contribution in [0.25, 0.3) is 0 Å². The van der Waals surface area contributed by atoms with Crippen molar-refractivity contribution < 1.29 is 10.2 Å². The lowest BCUT2D eigenvalue weighted by atomic mass is 9.96. The van der Waals surface area contributed by atoms with Gasteiger partial charge in [0.05, 0.1) is 12.7 Å². The average Bonchev–Trinajstić information content (AvgIpc) is 2.17. The zero-order chi connectivity index (χ0) is 8.97. The van der Waals surface area contributed by atoms with Crippen LogP contribution in [0.5, 0.6) is 0 Å². The predicted molar refractivity (Wildman–Crippen MR) is 47.9 cm³/mol. The molecule has 0 saturated heterocycles. The van der Waals surface area contributed by atoms with E-state index >= 15 is 0 Å². The van der Waals surface area contributed by atoms with Crippen molar-refractivity contribution in [3.63, 3.8) is 0 Å². The first-order valence-corrected chi connectivity index (χ1v) is 4.09. The summed E-state index contributed by atoms with van der Waals surface area (Å²) in [6, 6.07) is 9.68. The van der Waals surface area contributed by atoms with Gasteiger partial charge >= 0.3 is 0 Å². The summed E-state index contributed by atoms with van der Waals surface area (Å²) in [6.07, 6.45) is -0.660. The molecule has 1 rings (SSSR count). The van der Waals surface area contributed by atoms with Gasteiger partial charge in [0.15, 0.2) is 0 Å². The van der Waals surface area contributed by atoms with E-state index in [4.69, 9.17) is 5.11 Å². The van der Waals surface area contributed by atoms with Gasteiger partial charge in [-0.1, -0.05) is 37.3 Å². The Morgan fingerprint density at radius 1 is 1.25 bits per heavy atom. The van der Waals surface area contributed by atoms with Gasteiger partial charge in [-0.3, -0.25) is 0 Å². The van der Waals surface area contributed by atoms with Crippen LogP contribution in [0.1, 0.15) is 18.4 Å². The molecule has 0 aromatic heterocycles. The number of rotatable bonds is 3. The molecule has 0 unspecified atom stereocenters. The molecule has 0 aliphatic heterocycles. The first kappa shape index (κ1) is 9.23. The number of hydrogen-bond donors (Lipinski definition) is 2. The van der Waals surface area contributed by atoms with Crippen LogP contribution < -0.4 is 0 Å². The van der Waals surface area contributed by atoms with Gasteiger partial charge in [-0.05, 0) is 5.56 Å². The van der Waals surface area contributed by atoms with E-state index in [0.717, 1.165) is 5.56 Å². The lowest BCUT2D eigenvalue weighted by Crippen LogP contribution is -2.19. The fourth-order valence-corrected chi connectivity index (χ4v) is 1.14. The molecule has 0 fully saturated rings. The first-order valence-electron chi connectivity index (χ1n) is 4.09. The lowest BCUT2D eigenvalue weighted by Gasteiger charge is -2.16. The Bertz CT molecular complexity index is 221. The maximum absolute atomic E-state index is 9.33. The molecule has 0 aliphatic rings. The van der Waals surface area contributed by atoms with E-state index in [2.05, 4.69) is 0 Å². The van der Waals surface area contributed by atoms with Crippen molar-refractivity contribution in [2.45, 2.75) is 18.9 Å². The summed E-state index contributed by atoms with van der Waals surface area (Å²) in [4.78, 5) is 0. The van der Waals surface area contributed by atoms with Gasteiger partial charge in [0, 0.05) is 5.92 Å². The van der Waals surface area contributed by atoms with Crippen molar-refractivity contribution >= 4 is 0 Å². The van der Waals surface area contributed by atoms with Gasteiger partial charge in [-0.25, -0.2) is 0 Å². The van der Waals surface area contributed by atoms with Crippen LogP contribution in [0.4, 0.5) is 0 Å². The molecule has 2 heteroatoms. The van der Waals surface area contributed by atoms with Crippen molar-refractivity contribution in [3.8, 4) is 0 Å². The highest BCUT2D eigenvalue weighted by Crippen LogP contribution is 2.17. The van der Waals surface area contributed by atoms with Crippen LogP contribution in [0.15, 0.2) is 30.3 Å². The first-order chi connectivity index (χ1) is 5.75. The van der Waals surface area contributed by atoms with Gasteiger partial charge < -0.3 is 10.2 Å². The Hall–Kier alpha value is -0.860.